The molecule has 23 heavy (non-hydrogen) atoms. The molecular weight excluding hydrogens is 321 g/mol. The molecule has 0 bridgehead atoms. The highest BCUT2D eigenvalue weighted by Crippen LogP contribution is 2.30. The van der Waals surface area contributed by atoms with Crippen LogP contribution in [0.25, 0.3) is 0 Å². The molecule has 5 nitrogen and oxygen atoms in total. The molecule has 0 heterocycles. The number of hydrogen-bond donors (Lipinski definition) is 3. The minimum atomic E-state index is -0.553. The van der Waals surface area contributed by atoms with Crippen LogP contribution in [0.3, 0.4) is 0 Å². The Morgan fingerprint density at radius 2 is 2.09 bits per heavy atom. The van der Waals surface area contributed by atoms with Gasteiger partial charge >= 0.3 is 0 Å². The van der Waals surface area contributed by atoms with E-state index < -0.39 is 11.7 Å². The predicted molar refractivity (Wildman–Crippen MR) is 90.9 cm³/mol. The zero-order chi connectivity index (χ0) is 17.0. The molecule has 122 valence electrons. The lowest BCUT2D eigenvalue weighted by molar-refractivity contribution is 0.102. The van der Waals surface area contributed by atoms with Gasteiger partial charge in [-0.25, -0.2) is 4.39 Å². The van der Waals surface area contributed by atoms with Gasteiger partial charge in [-0.3, -0.25) is 4.79 Å². The first-order chi connectivity index (χ1) is 11.0. The van der Waals surface area contributed by atoms with Crippen molar-refractivity contribution in [1.82, 2.24) is 0 Å². The van der Waals surface area contributed by atoms with Crippen LogP contribution >= 0.6 is 11.6 Å². The summed E-state index contributed by atoms with van der Waals surface area (Å²) in [4.78, 5) is 12.5. The fraction of sp³-hybridized carbons (Fsp3) is 0.188. The number of nitrogens with two attached hydrogens (primary N) is 1. The summed E-state index contributed by atoms with van der Waals surface area (Å²) in [6.07, 6.45) is 0. The zero-order valence-corrected chi connectivity index (χ0v) is 13.5. The largest absolute Gasteiger partial charge is 0.493 e. The third kappa shape index (κ3) is 3.84. The first-order valence-electron chi connectivity index (χ1n) is 6.96. The second kappa shape index (κ2) is 7.19. The fourth-order valence-electron chi connectivity index (χ4n) is 2.04. The van der Waals surface area contributed by atoms with Crippen molar-refractivity contribution in [1.29, 1.82) is 0 Å². The maximum absolute atomic E-state index is 13.2. The summed E-state index contributed by atoms with van der Waals surface area (Å²) >= 11 is 5.71. The number of rotatable bonds is 5. The van der Waals surface area contributed by atoms with E-state index in [0.29, 0.717) is 29.4 Å². The van der Waals surface area contributed by atoms with Crippen molar-refractivity contribution in [3.05, 3.63) is 46.7 Å². The second-order valence-corrected chi connectivity index (χ2v) is 5.11. The first-order valence-corrected chi connectivity index (χ1v) is 7.34. The normalized spacial score (nSPS) is 10.3. The minimum absolute atomic E-state index is 0.0714. The molecule has 0 unspecified atom stereocenters. The minimum Gasteiger partial charge on any atom is -0.493 e. The molecule has 2 aromatic rings. The quantitative estimate of drug-likeness (QED) is 0.726. The number of benzene rings is 2. The van der Waals surface area contributed by atoms with Gasteiger partial charge in [0.25, 0.3) is 5.91 Å². The number of halogens is 2. The Morgan fingerprint density at radius 3 is 2.70 bits per heavy atom. The van der Waals surface area contributed by atoms with Crippen molar-refractivity contribution < 1.29 is 13.9 Å². The Morgan fingerprint density at radius 1 is 1.35 bits per heavy atom. The monoisotopic (exact) mass is 337 g/mol. The molecule has 4 N–H and O–H groups in total. The standard InChI is InChI=1S/C16H17ClFN3O2/c1-3-23-15-8-14(20-2)13(19)7-10(15)16(22)21-9-4-5-12(18)11(17)6-9/h4-8,20H,3,19H2,1-2H3,(H,21,22). The van der Waals surface area contributed by atoms with Crippen LogP contribution in [0.2, 0.25) is 5.02 Å². The summed E-state index contributed by atoms with van der Waals surface area (Å²) < 4.78 is 18.7. The summed E-state index contributed by atoms with van der Waals surface area (Å²) in [7, 11) is 1.72. The fourth-order valence-corrected chi connectivity index (χ4v) is 2.22. The van der Waals surface area contributed by atoms with E-state index >= 15 is 0 Å². The first kappa shape index (κ1) is 16.9. The van der Waals surface area contributed by atoms with Crippen LogP contribution in [0.4, 0.5) is 21.5 Å². The van der Waals surface area contributed by atoms with Crippen LogP contribution in [-0.2, 0) is 0 Å². The molecule has 0 aliphatic heterocycles. The van der Waals surface area contributed by atoms with Crippen molar-refractivity contribution in [3.8, 4) is 5.75 Å². The van der Waals surface area contributed by atoms with E-state index in [9.17, 15) is 9.18 Å². The van der Waals surface area contributed by atoms with Crippen LogP contribution < -0.4 is 21.1 Å². The molecule has 0 atom stereocenters. The summed E-state index contributed by atoms with van der Waals surface area (Å²) in [5.74, 6) is -0.579. The van der Waals surface area contributed by atoms with E-state index in [1.807, 2.05) is 6.92 Å². The van der Waals surface area contributed by atoms with Crippen molar-refractivity contribution in [3.63, 3.8) is 0 Å². The van der Waals surface area contributed by atoms with Crippen LogP contribution in [0.5, 0.6) is 5.75 Å². The van der Waals surface area contributed by atoms with Crippen molar-refractivity contribution in [2.24, 2.45) is 0 Å². The Labute approximate surface area is 138 Å². The van der Waals surface area contributed by atoms with Gasteiger partial charge in [-0.2, -0.15) is 0 Å². The second-order valence-electron chi connectivity index (χ2n) is 4.70. The summed E-state index contributed by atoms with van der Waals surface area (Å²) in [5.41, 5.74) is 7.64. The highest BCUT2D eigenvalue weighted by molar-refractivity contribution is 6.31. The predicted octanol–water partition coefficient (Wildman–Crippen LogP) is 3.75. The van der Waals surface area contributed by atoms with Gasteiger partial charge in [0.15, 0.2) is 0 Å². The lowest BCUT2D eigenvalue weighted by Crippen LogP contribution is -2.15. The third-order valence-corrected chi connectivity index (χ3v) is 3.43. The van der Waals surface area contributed by atoms with Gasteiger partial charge in [0.2, 0.25) is 0 Å². The summed E-state index contributed by atoms with van der Waals surface area (Å²) in [6.45, 7) is 2.21. The van der Waals surface area contributed by atoms with E-state index in [1.54, 1.807) is 13.1 Å². The van der Waals surface area contributed by atoms with Crippen molar-refractivity contribution in [2.45, 2.75) is 6.92 Å². The number of amides is 1. The average molecular weight is 338 g/mol. The summed E-state index contributed by atoms with van der Waals surface area (Å²) in [6, 6.07) is 7.12. The van der Waals surface area contributed by atoms with E-state index in [1.165, 1.54) is 24.3 Å². The van der Waals surface area contributed by atoms with E-state index in [2.05, 4.69) is 10.6 Å². The number of carbonyl (C=O) groups is 1. The van der Waals surface area contributed by atoms with Crippen molar-refractivity contribution in [2.75, 3.05) is 30.0 Å². The lowest BCUT2D eigenvalue weighted by Gasteiger charge is -2.14. The van der Waals surface area contributed by atoms with Gasteiger partial charge in [-0.15, -0.1) is 0 Å². The molecule has 0 saturated carbocycles. The number of anilines is 3. The molecule has 2 rings (SSSR count). The maximum Gasteiger partial charge on any atom is 0.259 e. The van der Waals surface area contributed by atoms with Gasteiger partial charge in [-0.05, 0) is 31.2 Å². The Kier molecular flexibility index (Phi) is 5.28. The number of nitrogen functional groups attached to an aromatic ring is 1. The van der Waals surface area contributed by atoms with E-state index in [4.69, 9.17) is 22.1 Å². The van der Waals surface area contributed by atoms with Crippen LogP contribution in [0, 0.1) is 5.82 Å². The van der Waals surface area contributed by atoms with Crippen LogP contribution in [0.1, 0.15) is 17.3 Å². The molecule has 0 spiro atoms. The topological polar surface area (TPSA) is 76.4 Å². The van der Waals surface area contributed by atoms with Gasteiger partial charge in [-0.1, -0.05) is 11.6 Å². The SMILES string of the molecule is CCOc1cc(NC)c(N)cc1C(=O)Nc1ccc(F)c(Cl)c1. The summed E-state index contributed by atoms with van der Waals surface area (Å²) in [5, 5.41) is 5.50. The molecular formula is C16H17ClFN3O2. The van der Waals surface area contributed by atoms with Gasteiger partial charge in [0, 0.05) is 18.8 Å². The number of hydrogen-bond acceptors (Lipinski definition) is 4. The molecule has 0 aromatic heterocycles. The smallest absolute Gasteiger partial charge is 0.259 e. The lowest BCUT2D eigenvalue weighted by atomic mass is 10.1. The molecule has 1 amide bonds. The highest BCUT2D eigenvalue weighted by atomic mass is 35.5. The number of nitrogens with one attached hydrogen (secondary N) is 2. The Balaban J connectivity index is 2.33. The molecule has 2 aromatic carbocycles. The van der Waals surface area contributed by atoms with E-state index in [-0.39, 0.29) is 10.6 Å². The highest BCUT2D eigenvalue weighted by Gasteiger charge is 2.16. The Bertz CT molecular complexity index is 738. The molecule has 0 saturated heterocycles. The molecule has 0 radical (unpaired) electrons. The zero-order valence-electron chi connectivity index (χ0n) is 12.7. The van der Waals surface area contributed by atoms with Crippen molar-refractivity contribution >= 4 is 34.6 Å². The van der Waals surface area contributed by atoms with Gasteiger partial charge in [0.1, 0.15) is 11.6 Å². The third-order valence-electron chi connectivity index (χ3n) is 3.14. The Hall–Kier alpha value is -2.47. The van der Waals surface area contributed by atoms with Gasteiger partial charge in [0.05, 0.1) is 28.6 Å². The number of carbonyl (C=O) groups excluding carboxylic acids is 1. The maximum atomic E-state index is 13.2. The van der Waals surface area contributed by atoms with E-state index in [0.717, 1.165) is 0 Å². The average Bonchev–Trinajstić information content (AvgIpc) is 2.52. The van der Waals surface area contributed by atoms with Crippen LogP contribution in [-0.4, -0.2) is 19.6 Å². The van der Waals surface area contributed by atoms with Gasteiger partial charge < -0.3 is 21.1 Å². The number of ether oxygens (including phenoxy) is 1. The van der Waals surface area contributed by atoms with Crippen LogP contribution in [0.15, 0.2) is 30.3 Å². The molecule has 0 aliphatic carbocycles. The molecule has 7 heteroatoms. The molecule has 0 aliphatic rings. The molecule has 0 fully saturated rings.